The zero-order valence-electron chi connectivity index (χ0n) is 15.4. The second-order valence-corrected chi connectivity index (χ2v) is 7.65. The molecule has 1 aromatic carbocycles. The van der Waals surface area contributed by atoms with Crippen LogP contribution in [0.1, 0.15) is 32.8 Å². The monoisotopic (exact) mass is 354 g/mol. The first-order valence-corrected chi connectivity index (χ1v) is 8.72. The Kier molecular flexibility index (Phi) is 4.85. The predicted octanol–water partition coefficient (Wildman–Crippen LogP) is 3.61. The van der Waals surface area contributed by atoms with Crippen molar-refractivity contribution in [3.05, 3.63) is 42.9 Å². The summed E-state index contributed by atoms with van der Waals surface area (Å²) in [4.78, 5) is 30.5. The Morgan fingerprint density at radius 3 is 2.77 bits per heavy atom. The zero-order valence-corrected chi connectivity index (χ0v) is 15.4. The second-order valence-electron chi connectivity index (χ2n) is 7.65. The maximum atomic E-state index is 12.5. The van der Waals surface area contributed by atoms with Gasteiger partial charge in [-0.05, 0) is 51.1 Å². The summed E-state index contributed by atoms with van der Waals surface area (Å²) < 4.78 is 5.36. The van der Waals surface area contributed by atoms with Crippen molar-refractivity contribution in [2.75, 3.05) is 18.4 Å². The largest absolute Gasteiger partial charge is 0.444 e. The van der Waals surface area contributed by atoms with Gasteiger partial charge in [-0.3, -0.25) is 4.79 Å². The molecule has 1 aromatic heterocycles. The van der Waals surface area contributed by atoms with Gasteiger partial charge in [-0.1, -0.05) is 18.2 Å². The molecule has 6 nitrogen and oxygen atoms in total. The normalized spacial score (nSPS) is 17.4. The number of aromatic nitrogens is 1. The molecule has 1 aliphatic rings. The van der Waals surface area contributed by atoms with Crippen molar-refractivity contribution < 1.29 is 14.3 Å². The molecule has 1 aliphatic heterocycles. The standard InChI is InChI=1S/C20H24N3O3/c1-13-5-6-14-11-21-17(10-16(14)9-13)22-18(24)15-7-8-23(12-15)19(25)26-20(2,3)4/h5-6,9-11,15H,1,7-8,12H2,2-4H3,(H,21,22,24)/t15-/m0/s1. The van der Waals surface area contributed by atoms with E-state index in [4.69, 9.17) is 4.74 Å². The number of benzene rings is 1. The number of rotatable bonds is 2. The molecule has 6 heteroatoms. The highest BCUT2D eigenvalue weighted by Gasteiger charge is 2.33. The lowest BCUT2D eigenvalue weighted by Crippen LogP contribution is -2.36. The average Bonchev–Trinajstić information content (AvgIpc) is 3.03. The summed E-state index contributed by atoms with van der Waals surface area (Å²) in [6.07, 6.45) is 1.97. The smallest absolute Gasteiger partial charge is 0.410 e. The fourth-order valence-electron chi connectivity index (χ4n) is 2.95. The Morgan fingerprint density at radius 2 is 2.04 bits per heavy atom. The number of fused-ring (bicyclic) bond motifs is 1. The first-order chi connectivity index (χ1) is 12.2. The fraction of sp³-hybridized carbons (Fsp3) is 0.400. The fourth-order valence-corrected chi connectivity index (χ4v) is 2.95. The highest BCUT2D eigenvalue weighted by atomic mass is 16.6. The van der Waals surface area contributed by atoms with Crippen LogP contribution < -0.4 is 5.32 Å². The molecular formula is C20H24N3O3. The van der Waals surface area contributed by atoms with Gasteiger partial charge in [-0.15, -0.1) is 0 Å². The van der Waals surface area contributed by atoms with Gasteiger partial charge in [0.05, 0.1) is 5.92 Å². The summed E-state index contributed by atoms with van der Waals surface area (Å²) in [6, 6.07) is 7.66. The lowest BCUT2D eigenvalue weighted by molar-refractivity contribution is -0.119. The number of hydrogen-bond donors (Lipinski definition) is 1. The van der Waals surface area contributed by atoms with Crippen molar-refractivity contribution in [1.82, 2.24) is 9.88 Å². The molecule has 0 aliphatic carbocycles. The number of carbonyl (C=O) groups is 2. The lowest BCUT2D eigenvalue weighted by atomic mass is 10.1. The first kappa shape index (κ1) is 18.2. The van der Waals surface area contributed by atoms with Crippen LogP contribution in [0.3, 0.4) is 0 Å². The molecular weight excluding hydrogens is 330 g/mol. The van der Waals surface area contributed by atoms with Crippen molar-refractivity contribution in [2.45, 2.75) is 32.8 Å². The molecule has 1 N–H and O–H groups in total. The molecule has 1 fully saturated rings. The molecule has 2 amide bonds. The number of nitrogens with zero attached hydrogens (tertiary/aromatic N) is 2. The van der Waals surface area contributed by atoms with Gasteiger partial charge in [0.2, 0.25) is 5.91 Å². The van der Waals surface area contributed by atoms with E-state index in [1.807, 2.05) is 45.0 Å². The molecule has 0 bridgehead atoms. The number of anilines is 1. The lowest BCUT2D eigenvalue weighted by Gasteiger charge is -2.24. The van der Waals surface area contributed by atoms with E-state index in [1.165, 1.54) is 0 Å². The molecule has 1 radical (unpaired) electrons. The Bertz CT molecular complexity index is 842. The third-order valence-electron chi connectivity index (χ3n) is 4.25. The van der Waals surface area contributed by atoms with Gasteiger partial charge in [0.15, 0.2) is 0 Å². The molecule has 26 heavy (non-hydrogen) atoms. The van der Waals surface area contributed by atoms with Crippen LogP contribution in [0, 0.1) is 12.8 Å². The van der Waals surface area contributed by atoms with E-state index in [2.05, 4.69) is 17.2 Å². The van der Waals surface area contributed by atoms with E-state index < -0.39 is 5.60 Å². The van der Waals surface area contributed by atoms with Crippen molar-refractivity contribution in [3.63, 3.8) is 0 Å². The minimum atomic E-state index is -0.542. The van der Waals surface area contributed by atoms with Crippen molar-refractivity contribution in [2.24, 2.45) is 5.92 Å². The van der Waals surface area contributed by atoms with E-state index in [0.717, 1.165) is 16.3 Å². The van der Waals surface area contributed by atoms with Gasteiger partial charge in [0, 0.05) is 24.7 Å². The maximum Gasteiger partial charge on any atom is 0.410 e. The molecule has 2 aromatic rings. The number of pyridine rings is 1. The molecule has 0 unspecified atom stereocenters. The van der Waals surface area contributed by atoms with Crippen LogP contribution in [0.2, 0.25) is 0 Å². The van der Waals surface area contributed by atoms with Crippen LogP contribution >= 0.6 is 0 Å². The van der Waals surface area contributed by atoms with E-state index in [-0.39, 0.29) is 17.9 Å². The van der Waals surface area contributed by atoms with Gasteiger partial charge in [-0.25, -0.2) is 9.78 Å². The second kappa shape index (κ2) is 6.94. The molecule has 0 saturated carbocycles. The SMILES string of the molecule is [CH2]c1ccc2cnc(NC(=O)[C@H]3CCN(C(=O)OC(C)(C)C)C3)cc2c1. The minimum absolute atomic E-state index is 0.131. The summed E-state index contributed by atoms with van der Waals surface area (Å²) in [6.45, 7) is 10.3. The highest BCUT2D eigenvalue weighted by Crippen LogP contribution is 2.22. The summed E-state index contributed by atoms with van der Waals surface area (Å²) in [7, 11) is 0. The van der Waals surface area contributed by atoms with Crippen LogP contribution in [-0.2, 0) is 9.53 Å². The Balaban J connectivity index is 1.63. The molecule has 3 rings (SSSR count). The summed E-state index contributed by atoms with van der Waals surface area (Å²) >= 11 is 0. The number of ether oxygens (including phenoxy) is 1. The number of amides is 2. The van der Waals surface area contributed by atoms with Crippen LogP contribution in [0.4, 0.5) is 10.6 Å². The van der Waals surface area contributed by atoms with Crippen molar-refractivity contribution in [1.29, 1.82) is 0 Å². The quantitative estimate of drug-likeness (QED) is 0.894. The molecule has 1 atom stereocenters. The Labute approximate surface area is 153 Å². The number of nitrogens with one attached hydrogen (secondary N) is 1. The molecule has 1 saturated heterocycles. The average molecular weight is 354 g/mol. The van der Waals surface area contributed by atoms with Crippen molar-refractivity contribution >= 4 is 28.6 Å². The minimum Gasteiger partial charge on any atom is -0.444 e. The van der Waals surface area contributed by atoms with Gasteiger partial charge >= 0.3 is 6.09 Å². The Morgan fingerprint density at radius 1 is 1.27 bits per heavy atom. The predicted molar refractivity (Wildman–Crippen MR) is 101 cm³/mol. The number of hydrogen-bond acceptors (Lipinski definition) is 4. The molecule has 2 heterocycles. The van der Waals surface area contributed by atoms with E-state index >= 15 is 0 Å². The number of carbonyl (C=O) groups excluding carboxylic acids is 2. The van der Waals surface area contributed by atoms with Gasteiger partial charge < -0.3 is 15.0 Å². The van der Waals surface area contributed by atoms with Gasteiger partial charge in [0.1, 0.15) is 11.4 Å². The van der Waals surface area contributed by atoms with Crippen LogP contribution in [0.25, 0.3) is 10.8 Å². The van der Waals surface area contributed by atoms with Crippen LogP contribution in [0.15, 0.2) is 30.5 Å². The Hall–Kier alpha value is -2.63. The van der Waals surface area contributed by atoms with E-state index in [1.54, 1.807) is 11.1 Å². The highest BCUT2D eigenvalue weighted by molar-refractivity contribution is 5.94. The van der Waals surface area contributed by atoms with Crippen molar-refractivity contribution in [3.8, 4) is 0 Å². The van der Waals surface area contributed by atoms with E-state index in [9.17, 15) is 9.59 Å². The summed E-state index contributed by atoms with van der Waals surface area (Å²) in [5.41, 5.74) is 0.365. The van der Waals surface area contributed by atoms with Gasteiger partial charge in [-0.2, -0.15) is 0 Å². The third kappa shape index (κ3) is 4.31. The summed E-state index contributed by atoms with van der Waals surface area (Å²) in [5, 5.41) is 4.82. The summed E-state index contributed by atoms with van der Waals surface area (Å²) in [5.74, 6) is 0.108. The topological polar surface area (TPSA) is 71.5 Å². The molecule has 0 spiro atoms. The molecule has 137 valence electrons. The van der Waals surface area contributed by atoms with Crippen LogP contribution in [0.5, 0.6) is 0 Å². The first-order valence-electron chi connectivity index (χ1n) is 8.72. The van der Waals surface area contributed by atoms with Crippen LogP contribution in [-0.4, -0.2) is 40.6 Å². The van der Waals surface area contributed by atoms with Gasteiger partial charge in [0.25, 0.3) is 0 Å². The number of likely N-dealkylation sites (tertiary alicyclic amines) is 1. The third-order valence-corrected chi connectivity index (χ3v) is 4.25. The van der Waals surface area contributed by atoms with E-state index in [0.29, 0.717) is 25.3 Å². The zero-order chi connectivity index (χ0) is 18.9. The maximum absolute atomic E-state index is 12.5.